The van der Waals surface area contributed by atoms with Crippen molar-refractivity contribution in [3.05, 3.63) is 100.0 Å². The first-order valence-electron chi connectivity index (χ1n) is 11.3. The highest BCUT2D eigenvalue weighted by atomic mass is 32.2. The van der Waals surface area contributed by atoms with E-state index in [1.165, 1.54) is 12.0 Å². The second kappa shape index (κ2) is 11.1. The number of amides is 2. The Hall–Kier alpha value is -3.84. The molecule has 35 heavy (non-hydrogen) atoms. The zero-order valence-corrected chi connectivity index (χ0v) is 20.3. The van der Waals surface area contributed by atoms with Crippen LogP contribution in [0.2, 0.25) is 0 Å². The third-order valence-corrected chi connectivity index (χ3v) is 6.45. The molecule has 1 heterocycles. The number of ketones is 1. The van der Waals surface area contributed by atoms with Gasteiger partial charge in [-0.1, -0.05) is 60.7 Å². The van der Waals surface area contributed by atoms with Gasteiger partial charge in [0.25, 0.3) is 11.1 Å². The molecule has 0 N–H and O–H groups in total. The van der Waals surface area contributed by atoms with Gasteiger partial charge in [-0.2, -0.15) is 0 Å². The normalized spacial score (nSPS) is 14.5. The van der Waals surface area contributed by atoms with Crippen LogP contribution in [0.1, 0.15) is 34.0 Å². The molecule has 0 radical (unpaired) electrons. The summed E-state index contributed by atoms with van der Waals surface area (Å²) in [5.41, 5.74) is 2.44. The summed E-state index contributed by atoms with van der Waals surface area (Å²) >= 11 is 0.883. The minimum atomic E-state index is -0.359. The predicted molar refractivity (Wildman–Crippen MR) is 137 cm³/mol. The van der Waals surface area contributed by atoms with E-state index in [-0.39, 0.29) is 21.8 Å². The Labute approximate surface area is 208 Å². The quantitative estimate of drug-likeness (QED) is 0.289. The highest BCUT2D eigenvalue weighted by molar-refractivity contribution is 8.18. The molecule has 178 valence electrons. The van der Waals surface area contributed by atoms with Crippen LogP contribution in [0.5, 0.6) is 11.5 Å². The predicted octanol–water partition coefficient (Wildman–Crippen LogP) is 5.60. The first-order valence-corrected chi connectivity index (χ1v) is 12.1. The van der Waals surface area contributed by atoms with Crippen LogP contribution in [-0.4, -0.2) is 42.1 Å². The van der Waals surface area contributed by atoms with Crippen molar-refractivity contribution in [2.75, 3.05) is 20.3 Å². The summed E-state index contributed by atoms with van der Waals surface area (Å²) in [7, 11) is 1.51. The molecule has 4 rings (SSSR count). The smallest absolute Gasteiger partial charge is 0.293 e. The van der Waals surface area contributed by atoms with E-state index in [2.05, 4.69) is 0 Å². The molecule has 2 amide bonds. The van der Waals surface area contributed by atoms with Crippen LogP contribution in [0, 0.1) is 0 Å². The Balaban J connectivity index is 1.65. The molecule has 0 saturated carbocycles. The van der Waals surface area contributed by atoms with Crippen LogP contribution in [0.3, 0.4) is 0 Å². The monoisotopic (exact) mass is 487 g/mol. The molecule has 0 unspecified atom stereocenters. The number of benzene rings is 3. The number of carbonyl (C=O) groups excluding carboxylic acids is 3. The van der Waals surface area contributed by atoms with Crippen LogP contribution in [0.15, 0.2) is 77.7 Å². The summed E-state index contributed by atoms with van der Waals surface area (Å²) in [6, 6.07) is 21.9. The van der Waals surface area contributed by atoms with Gasteiger partial charge < -0.3 is 9.47 Å². The molecule has 0 aliphatic carbocycles. The average molecular weight is 488 g/mol. The molecule has 0 bridgehead atoms. The average Bonchev–Trinajstić information content (AvgIpc) is 3.15. The van der Waals surface area contributed by atoms with E-state index in [0.717, 1.165) is 17.3 Å². The summed E-state index contributed by atoms with van der Waals surface area (Å²) in [5, 5.41) is -0.317. The summed E-state index contributed by atoms with van der Waals surface area (Å²) in [4.78, 5) is 40.4. The Kier molecular flexibility index (Phi) is 7.67. The van der Waals surface area contributed by atoms with E-state index >= 15 is 0 Å². The van der Waals surface area contributed by atoms with Crippen molar-refractivity contribution in [3.8, 4) is 11.5 Å². The largest absolute Gasteiger partial charge is 0.496 e. The van der Waals surface area contributed by atoms with E-state index < -0.39 is 0 Å². The van der Waals surface area contributed by atoms with Gasteiger partial charge in [0.1, 0.15) is 11.5 Å². The van der Waals surface area contributed by atoms with E-state index in [1.54, 1.807) is 42.5 Å². The van der Waals surface area contributed by atoms with Gasteiger partial charge in [0.15, 0.2) is 5.78 Å². The first kappa shape index (κ1) is 24.3. The van der Waals surface area contributed by atoms with Crippen molar-refractivity contribution in [1.29, 1.82) is 0 Å². The van der Waals surface area contributed by atoms with Gasteiger partial charge in [-0.15, -0.1) is 0 Å². The number of nitrogens with zero attached hydrogens (tertiary/aromatic N) is 1. The molecule has 1 fully saturated rings. The lowest BCUT2D eigenvalue weighted by molar-refractivity contribution is -0.122. The SMILES string of the molecule is CCOc1cc(OC)c(/C=C2\SC(=O)N(CCc3ccccc3)C2=O)cc1C(=O)c1ccccc1. The molecule has 3 aromatic carbocycles. The van der Waals surface area contributed by atoms with Crippen molar-refractivity contribution < 1.29 is 23.9 Å². The Bertz CT molecular complexity index is 1270. The van der Waals surface area contributed by atoms with Crippen LogP contribution < -0.4 is 9.47 Å². The van der Waals surface area contributed by atoms with Crippen LogP contribution in [0.25, 0.3) is 6.08 Å². The second-order valence-electron chi connectivity index (χ2n) is 7.79. The van der Waals surface area contributed by atoms with Crippen LogP contribution in [-0.2, 0) is 11.2 Å². The molecule has 0 aromatic heterocycles. The zero-order chi connectivity index (χ0) is 24.8. The molecule has 3 aromatic rings. The van der Waals surface area contributed by atoms with Gasteiger partial charge in [-0.05, 0) is 42.8 Å². The van der Waals surface area contributed by atoms with Crippen LogP contribution in [0.4, 0.5) is 4.79 Å². The number of imide groups is 1. The molecule has 1 aliphatic heterocycles. The molecule has 1 saturated heterocycles. The maximum atomic E-state index is 13.2. The lowest BCUT2D eigenvalue weighted by Crippen LogP contribution is -2.30. The third kappa shape index (κ3) is 5.46. The number of methoxy groups -OCH3 is 1. The summed E-state index contributed by atoms with van der Waals surface area (Å²) < 4.78 is 11.2. The van der Waals surface area contributed by atoms with Gasteiger partial charge >= 0.3 is 0 Å². The number of hydrogen-bond donors (Lipinski definition) is 0. The Morgan fingerprint density at radius 2 is 1.66 bits per heavy atom. The second-order valence-corrected chi connectivity index (χ2v) is 8.78. The number of hydrogen-bond acceptors (Lipinski definition) is 6. The maximum absolute atomic E-state index is 13.2. The van der Waals surface area contributed by atoms with E-state index in [0.29, 0.717) is 47.8 Å². The van der Waals surface area contributed by atoms with Gasteiger partial charge in [0, 0.05) is 23.7 Å². The van der Waals surface area contributed by atoms with Crippen molar-refractivity contribution in [1.82, 2.24) is 4.90 Å². The third-order valence-electron chi connectivity index (χ3n) is 5.54. The summed E-state index contributed by atoms with van der Waals surface area (Å²) in [6.07, 6.45) is 2.18. The van der Waals surface area contributed by atoms with E-state index in [1.807, 2.05) is 43.3 Å². The van der Waals surface area contributed by atoms with Crippen molar-refractivity contribution in [3.63, 3.8) is 0 Å². The van der Waals surface area contributed by atoms with Gasteiger partial charge in [0.05, 0.1) is 24.2 Å². The molecule has 0 spiro atoms. The topological polar surface area (TPSA) is 72.9 Å². The van der Waals surface area contributed by atoms with E-state index in [9.17, 15) is 14.4 Å². The summed E-state index contributed by atoms with van der Waals surface area (Å²) in [6.45, 7) is 2.50. The zero-order valence-electron chi connectivity index (χ0n) is 19.5. The fourth-order valence-corrected chi connectivity index (χ4v) is 4.64. The number of carbonyl (C=O) groups is 3. The van der Waals surface area contributed by atoms with Crippen LogP contribution >= 0.6 is 11.8 Å². The van der Waals surface area contributed by atoms with Crippen molar-refractivity contribution >= 4 is 34.8 Å². The molecular formula is C28H25NO5S. The molecular weight excluding hydrogens is 462 g/mol. The minimum Gasteiger partial charge on any atom is -0.496 e. The standard InChI is InChI=1S/C28H25NO5S/c1-3-34-24-18-23(33-2)21(16-22(24)26(30)20-12-8-5-9-13-20)17-25-27(31)29(28(32)35-25)15-14-19-10-6-4-7-11-19/h4-13,16-18H,3,14-15H2,1-2H3/b25-17-. The highest BCUT2D eigenvalue weighted by Gasteiger charge is 2.35. The fourth-order valence-electron chi connectivity index (χ4n) is 3.78. The Morgan fingerprint density at radius 1 is 0.971 bits per heavy atom. The fraction of sp³-hybridized carbons (Fsp3) is 0.179. The minimum absolute atomic E-state index is 0.206. The number of thioether (sulfide) groups is 1. The molecule has 7 heteroatoms. The molecule has 0 atom stereocenters. The number of rotatable bonds is 9. The first-order chi connectivity index (χ1) is 17.0. The summed E-state index contributed by atoms with van der Waals surface area (Å²) in [5.74, 6) is 0.269. The van der Waals surface area contributed by atoms with Gasteiger partial charge in [-0.3, -0.25) is 19.3 Å². The Morgan fingerprint density at radius 3 is 2.31 bits per heavy atom. The van der Waals surface area contributed by atoms with Crippen molar-refractivity contribution in [2.45, 2.75) is 13.3 Å². The van der Waals surface area contributed by atoms with Crippen molar-refractivity contribution in [2.24, 2.45) is 0 Å². The lowest BCUT2D eigenvalue weighted by atomic mass is 9.99. The van der Waals surface area contributed by atoms with Gasteiger partial charge in [0.2, 0.25) is 0 Å². The molecule has 6 nitrogen and oxygen atoms in total. The number of ether oxygens (including phenoxy) is 2. The molecule has 1 aliphatic rings. The highest BCUT2D eigenvalue weighted by Crippen LogP contribution is 2.37. The van der Waals surface area contributed by atoms with Gasteiger partial charge in [-0.25, -0.2) is 0 Å². The van der Waals surface area contributed by atoms with E-state index in [4.69, 9.17) is 9.47 Å². The maximum Gasteiger partial charge on any atom is 0.293 e. The lowest BCUT2D eigenvalue weighted by Gasteiger charge is -2.14.